The fourth-order valence-corrected chi connectivity index (χ4v) is 2.51. The van der Waals surface area contributed by atoms with Gasteiger partial charge in [-0.25, -0.2) is 24.0 Å². The molecule has 0 saturated carbocycles. The molecule has 1 aromatic carbocycles. The fraction of sp³-hybridized carbons (Fsp3) is 0.133. The van der Waals surface area contributed by atoms with Gasteiger partial charge in [-0.2, -0.15) is 10.2 Å². The summed E-state index contributed by atoms with van der Waals surface area (Å²) in [5.41, 5.74) is 2.00. The molecule has 0 fully saturated rings. The Labute approximate surface area is 130 Å². The van der Waals surface area contributed by atoms with Crippen molar-refractivity contribution in [2.45, 2.75) is 6.92 Å². The van der Waals surface area contributed by atoms with Crippen molar-refractivity contribution in [2.75, 3.05) is 7.11 Å². The van der Waals surface area contributed by atoms with Gasteiger partial charge in [0.1, 0.15) is 12.2 Å². The molecule has 0 atom stereocenters. The van der Waals surface area contributed by atoms with E-state index in [0.29, 0.717) is 22.5 Å². The van der Waals surface area contributed by atoms with Gasteiger partial charge < -0.3 is 4.74 Å². The molecule has 8 nitrogen and oxygen atoms in total. The number of fused-ring (bicyclic) bond motifs is 3. The molecule has 3 heterocycles. The maximum absolute atomic E-state index is 12.1. The van der Waals surface area contributed by atoms with Crippen LogP contribution < -0.4 is 0 Å². The quantitative estimate of drug-likeness (QED) is 0.522. The van der Waals surface area contributed by atoms with Crippen LogP contribution in [-0.2, 0) is 4.74 Å². The average Bonchev–Trinajstić information content (AvgIpc) is 3.14. The van der Waals surface area contributed by atoms with Gasteiger partial charge in [0.25, 0.3) is 0 Å². The number of carbonyl (C=O) groups is 1. The Balaban J connectivity index is 2.14. The summed E-state index contributed by atoms with van der Waals surface area (Å²) in [5, 5.41) is 9.13. The Morgan fingerprint density at radius 3 is 2.65 bits per heavy atom. The van der Waals surface area contributed by atoms with Crippen LogP contribution in [0.15, 0.2) is 36.7 Å². The highest BCUT2D eigenvalue weighted by molar-refractivity contribution is 6.07. The second kappa shape index (κ2) is 4.87. The van der Waals surface area contributed by atoms with Gasteiger partial charge in [0.2, 0.25) is 0 Å². The Hall–Kier alpha value is -3.29. The molecule has 0 bridgehead atoms. The smallest absolute Gasteiger partial charge is 0.359 e. The molecule has 114 valence electrons. The van der Waals surface area contributed by atoms with E-state index >= 15 is 0 Å². The highest BCUT2D eigenvalue weighted by Crippen LogP contribution is 2.24. The first-order valence-corrected chi connectivity index (χ1v) is 6.93. The van der Waals surface area contributed by atoms with E-state index in [4.69, 9.17) is 4.74 Å². The summed E-state index contributed by atoms with van der Waals surface area (Å²) in [5.74, 6) is 0.0443. The predicted molar refractivity (Wildman–Crippen MR) is 81.5 cm³/mol. The standard InChI is InChI=1S/C15H12N6O2/c1-9-17-14-11-12(15(22)23-2)19-21(10-6-4-3-5-7-10)13(11)16-8-20(14)18-9/h3-8H,1-2H3. The van der Waals surface area contributed by atoms with Crippen LogP contribution in [0.3, 0.4) is 0 Å². The molecule has 0 N–H and O–H groups in total. The summed E-state index contributed by atoms with van der Waals surface area (Å²) in [7, 11) is 1.32. The van der Waals surface area contributed by atoms with E-state index in [9.17, 15) is 4.79 Å². The number of benzene rings is 1. The van der Waals surface area contributed by atoms with E-state index in [2.05, 4.69) is 20.2 Å². The van der Waals surface area contributed by atoms with Crippen molar-refractivity contribution >= 4 is 22.6 Å². The molecule has 4 aromatic rings. The Morgan fingerprint density at radius 2 is 1.91 bits per heavy atom. The van der Waals surface area contributed by atoms with Crippen LogP contribution in [0.5, 0.6) is 0 Å². The first kappa shape index (κ1) is 13.4. The Kier molecular flexibility index (Phi) is 2.83. The van der Waals surface area contributed by atoms with Crippen LogP contribution in [0.25, 0.3) is 22.4 Å². The summed E-state index contributed by atoms with van der Waals surface area (Å²) in [6.07, 6.45) is 1.56. The van der Waals surface area contributed by atoms with Crippen molar-refractivity contribution in [1.82, 2.24) is 29.4 Å². The van der Waals surface area contributed by atoms with Crippen molar-refractivity contribution in [1.29, 1.82) is 0 Å². The summed E-state index contributed by atoms with van der Waals surface area (Å²) in [6.45, 7) is 1.78. The SMILES string of the molecule is COC(=O)c1nn(-c2ccccc2)c2ncn3nc(C)nc3c12. The molecule has 4 rings (SSSR count). The zero-order valence-electron chi connectivity index (χ0n) is 12.5. The van der Waals surface area contributed by atoms with Gasteiger partial charge >= 0.3 is 5.97 Å². The summed E-state index contributed by atoms with van der Waals surface area (Å²) < 4.78 is 7.98. The predicted octanol–water partition coefficient (Wildman–Crippen LogP) is 1.56. The molecule has 0 unspecified atom stereocenters. The van der Waals surface area contributed by atoms with Gasteiger partial charge in [0.05, 0.1) is 18.2 Å². The third-order valence-corrected chi connectivity index (χ3v) is 3.49. The number of carbonyl (C=O) groups excluding carboxylic acids is 1. The summed E-state index contributed by atoms with van der Waals surface area (Å²) in [6, 6.07) is 9.45. The Morgan fingerprint density at radius 1 is 1.13 bits per heavy atom. The lowest BCUT2D eigenvalue weighted by Crippen LogP contribution is -2.04. The number of nitrogens with zero attached hydrogens (tertiary/aromatic N) is 6. The van der Waals surface area contributed by atoms with E-state index in [1.54, 1.807) is 17.9 Å². The molecule has 23 heavy (non-hydrogen) atoms. The number of aromatic nitrogens is 6. The molecular formula is C15H12N6O2. The van der Waals surface area contributed by atoms with Gasteiger partial charge in [-0.05, 0) is 19.1 Å². The molecule has 0 spiro atoms. The minimum atomic E-state index is -0.541. The maximum Gasteiger partial charge on any atom is 0.359 e. The topological polar surface area (TPSA) is 87.2 Å². The molecule has 0 aliphatic rings. The van der Waals surface area contributed by atoms with E-state index in [0.717, 1.165) is 5.69 Å². The van der Waals surface area contributed by atoms with E-state index < -0.39 is 5.97 Å². The number of methoxy groups -OCH3 is 1. The minimum Gasteiger partial charge on any atom is -0.464 e. The molecule has 0 amide bonds. The number of para-hydroxylation sites is 1. The molecule has 0 saturated heterocycles. The van der Waals surface area contributed by atoms with Gasteiger partial charge in [-0.15, -0.1) is 0 Å². The minimum absolute atomic E-state index is 0.164. The van der Waals surface area contributed by atoms with Crippen molar-refractivity contribution in [3.63, 3.8) is 0 Å². The van der Waals surface area contributed by atoms with Gasteiger partial charge in [0, 0.05) is 0 Å². The number of ether oxygens (including phenoxy) is 1. The fourth-order valence-electron chi connectivity index (χ4n) is 2.51. The highest BCUT2D eigenvalue weighted by Gasteiger charge is 2.23. The van der Waals surface area contributed by atoms with Crippen LogP contribution >= 0.6 is 0 Å². The largest absolute Gasteiger partial charge is 0.464 e. The van der Waals surface area contributed by atoms with Crippen molar-refractivity contribution in [3.05, 3.63) is 48.2 Å². The first-order valence-electron chi connectivity index (χ1n) is 6.93. The maximum atomic E-state index is 12.1. The van der Waals surface area contributed by atoms with Crippen molar-refractivity contribution < 1.29 is 9.53 Å². The van der Waals surface area contributed by atoms with Crippen molar-refractivity contribution in [3.8, 4) is 5.69 Å². The normalized spacial score (nSPS) is 11.2. The van der Waals surface area contributed by atoms with Crippen LogP contribution in [0, 0.1) is 6.92 Å². The lowest BCUT2D eigenvalue weighted by atomic mass is 10.3. The third-order valence-electron chi connectivity index (χ3n) is 3.49. The number of aryl methyl sites for hydroxylation is 1. The third kappa shape index (κ3) is 1.95. The monoisotopic (exact) mass is 308 g/mol. The zero-order valence-corrected chi connectivity index (χ0v) is 12.5. The molecule has 0 aliphatic heterocycles. The van der Waals surface area contributed by atoms with Gasteiger partial charge in [0.15, 0.2) is 17.0 Å². The average molecular weight is 308 g/mol. The second-order valence-corrected chi connectivity index (χ2v) is 4.96. The van der Waals surface area contributed by atoms with Crippen LogP contribution in [0.2, 0.25) is 0 Å². The number of hydrogen-bond acceptors (Lipinski definition) is 6. The van der Waals surface area contributed by atoms with E-state index in [1.807, 2.05) is 30.3 Å². The van der Waals surface area contributed by atoms with Crippen LogP contribution in [0.4, 0.5) is 0 Å². The number of esters is 1. The lowest BCUT2D eigenvalue weighted by Gasteiger charge is -2.01. The molecule has 0 radical (unpaired) electrons. The van der Waals surface area contributed by atoms with Crippen LogP contribution in [-0.4, -0.2) is 42.4 Å². The van der Waals surface area contributed by atoms with E-state index in [1.165, 1.54) is 11.6 Å². The van der Waals surface area contributed by atoms with Gasteiger partial charge in [-0.1, -0.05) is 18.2 Å². The highest BCUT2D eigenvalue weighted by atomic mass is 16.5. The molecule has 3 aromatic heterocycles. The van der Waals surface area contributed by atoms with Crippen molar-refractivity contribution in [2.24, 2.45) is 0 Å². The lowest BCUT2D eigenvalue weighted by molar-refractivity contribution is 0.0595. The second-order valence-electron chi connectivity index (χ2n) is 4.96. The Bertz CT molecular complexity index is 1030. The van der Waals surface area contributed by atoms with Crippen LogP contribution in [0.1, 0.15) is 16.3 Å². The summed E-state index contributed by atoms with van der Waals surface area (Å²) >= 11 is 0. The van der Waals surface area contributed by atoms with E-state index in [-0.39, 0.29) is 5.69 Å². The van der Waals surface area contributed by atoms with Gasteiger partial charge in [-0.3, -0.25) is 0 Å². The first-order chi connectivity index (χ1) is 11.2. The number of hydrogen-bond donors (Lipinski definition) is 0. The molecular weight excluding hydrogens is 296 g/mol. The zero-order chi connectivity index (χ0) is 16.0. The number of rotatable bonds is 2. The molecule has 0 aliphatic carbocycles. The summed E-state index contributed by atoms with van der Waals surface area (Å²) in [4.78, 5) is 20.9. The molecule has 8 heteroatoms.